The normalized spacial score (nSPS) is 23.1. The molecule has 0 radical (unpaired) electrons. The van der Waals surface area contributed by atoms with Crippen LogP contribution >= 0.6 is 0 Å². The summed E-state index contributed by atoms with van der Waals surface area (Å²) in [7, 11) is 0. The average Bonchev–Trinajstić information content (AvgIpc) is 2.45. The van der Waals surface area contributed by atoms with E-state index in [1.54, 1.807) is 0 Å². The van der Waals surface area contributed by atoms with E-state index < -0.39 is 34.8 Å². The average molecular weight is 302 g/mol. The fraction of sp³-hybridized carbons (Fsp3) is 0.562. The molecule has 1 aromatic carbocycles. The molecule has 1 nitrogen and oxygen atoms in total. The fourth-order valence-electron chi connectivity index (χ4n) is 3.02. The quantitative estimate of drug-likeness (QED) is 0.551. The van der Waals surface area contributed by atoms with Crippen molar-refractivity contribution < 1.29 is 22.4 Å². The third kappa shape index (κ3) is 3.63. The molecule has 1 aliphatic rings. The molecule has 0 spiro atoms. The van der Waals surface area contributed by atoms with E-state index in [9.17, 15) is 22.4 Å². The second-order valence-electron chi connectivity index (χ2n) is 5.68. The van der Waals surface area contributed by atoms with Crippen molar-refractivity contribution in [3.63, 3.8) is 0 Å². The monoisotopic (exact) mass is 302 g/mol. The smallest absolute Gasteiger partial charge is 0.294 e. The Labute approximate surface area is 121 Å². The Balaban J connectivity index is 2.25. The largest absolute Gasteiger partial charge is 0.417 e. The van der Waals surface area contributed by atoms with Crippen molar-refractivity contribution in [2.24, 2.45) is 11.8 Å². The predicted octanol–water partition coefficient (Wildman–Crippen LogP) is 5.24. The van der Waals surface area contributed by atoms with Gasteiger partial charge in [-0.25, -0.2) is 4.39 Å². The van der Waals surface area contributed by atoms with Crippen LogP contribution in [0, 0.1) is 17.7 Å². The number of alkyl halides is 3. The highest BCUT2D eigenvalue weighted by atomic mass is 19.4. The van der Waals surface area contributed by atoms with Gasteiger partial charge >= 0.3 is 6.18 Å². The number of carbonyl (C=O) groups is 1. The van der Waals surface area contributed by atoms with Gasteiger partial charge in [0.15, 0.2) is 5.78 Å². The minimum atomic E-state index is -4.64. The van der Waals surface area contributed by atoms with Gasteiger partial charge in [-0.1, -0.05) is 13.3 Å². The predicted molar refractivity (Wildman–Crippen MR) is 71.5 cm³/mol. The molecule has 0 saturated heterocycles. The van der Waals surface area contributed by atoms with Crippen LogP contribution < -0.4 is 0 Å². The van der Waals surface area contributed by atoms with Crippen molar-refractivity contribution >= 4 is 5.78 Å². The number of carbonyl (C=O) groups excluding carboxylic acids is 1. The van der Waals surface area contributed by atoms with Gasteiger partial charge in [0, 0.05) is 11.5 Å². The lowest BCUT2D eigenvalue weighted by Gasteiger charge is -2.27. The van der Waals surface area contributed by atoms with Gasteiger partial charge < -0.3 is 0 Å². The molecule has 0 heterocycles. The molecule has 1 aliphatic carbocycles. The highest BCUT2D eigenvalue weighted by Crippen LogP contribution is 2.37. The topological polar surface area (TPSA) is 17.1 Å². The minimum Gasteiger partial charge on any atom is -0.294 e. The van der Waals surface area contributed by atoms with E-state index in [-0.39, 0.29) is 0 Å². The summed E-state index contributed by atoms with van der Waals surface area (Å²) < 4.78 is 52.1. The van der Waals surface area contributed by atoms with Crippen LogP contribution in [0.25, 0.3) is 0 Å². The van der Waals surface area contributed by atoms with Crippen LogP contribution in [0.2, 0.25) is 0 Å². The van der Waals surface area contributed by atoms with Crippen LogP contribution in [0.1, 0.15) is 54.9 Å². The van der Waals surface area contributed by atoms with Gasteiger partial charge in [0.2, 0.25) is 0 Å². The lowest BCUT2D eigenvalue weighted by Crippen LogP contribution is -2.24. The number of benzene rings is 1. The lowest BCUT2D eigenvalue weighted by atomic mass is 9.77. The van der Waals surface area contributed by atoms with Crippen LogP contribution in [0.5, 0.6) is 0 Å². The summed E-state index contributed by atoms with van der Waals surface area (Å²) in [6.45, 7) is 2.07. The first kappa shape index (κ1) is 16.0. The number of hydrogen-bond acceptors (Lipinski definition) is 1. The van der Waals surface area contributed by atoms with Gasteiger partial charge in [0.25, 0.3) is 0 Å². The zero-order valence-electron chi connectivity index (χ0n) is 11.8. The molecule has 0 aliphatic heterocycles. The minimum absolute atomic E-state index is 0.421. The van der Waals surface area contributed by atoms with E-state index >= 15 is 0 Å². The molecule has 21 heavy (non-hydrogen) atoms. The van der Waals surface area contributed by atoms with Crippen molar-refractivity contribution in [3.05, 3.63) is 35.1 Å². The molecule has 0 N–H and O–H groups in total. The Morgan fingerprint density at radius 3 is 2.33 bits per heavy atom. The fourth-order valence-corrected chi connectivity index (χ4v) is 3.02. The summed E-state index contributed by atoms with van der Waals surface area (Å²) in [6, 6.07) is 2.12. The van der Waals surface area contributed by atoms with Crippen LogP contribution in [-0.4, -0.2) is 5.78 Å². The maximum Gasteiger partial charge on any atom is 0.417 e. The number of ketones is 1. The van der Waals surface area contributed by atoms with Gasteiger partial charge in [-0.05, 0) is 49.8 Å². The Morgan fingerprint density at radius 2 is 1.81 bits per heavy atom. The third-order valence-electron chi connectivity index (χ3n) is 4.35. The second kappa shape index (κ2) is 6.16. The van der Waals surface area contributed by atoms with Crippen molar-refractivity contribution in [3.8, 4) is 0 Å². The summed E-state index contributed by atoms with van der Waals surface area (Å²) in [4.78, 5) is 12.3. The molecule has 0 atom stereocenters. The zero-order chi connectivity index (χ0) is 15.6. The molecular weight excluding hydrogens is 284 g/mol. The maximum atomic E-state index is 13.3. The summed E-state index contributed by atoms with van der Waals surface area (Å²) in [6.07, 6.45) is -0.739. The number of halogens is 4. The highest BCUT2D eigenvalue weighted by molar-refractivity contribution is 5.99. The summed E-state index contributed by atoms with van der Waals surface area (Å²) in [5.74, 6) is -1.26. The molecule has 2 rings (SSSR count). The number of rotatable bonds is 3. The Kier molecular flexibility index (Phi) is 4.69. The first-order valence-electron chi connectivity index (χ1n) is 7.24. The zero-order valence-corrected chi connectivity index (χ0v) is 11.8. The van der Waals surface area contributed by atoms with Crippen LogP contribution in [0.4, 0.5) is 17.6 Å². The molecule has 1 fully saturated rings. The highest BCUT2D eigenvalue weighted by Gasteiger charge is 2.37. The maximum absolute atomic E-state index is 13.3. The van der Waals surface area contributed by atoms with E-state index in [0.29, 0.717) is 24.8 Å². The van der Waals surface area contributed by atoms with Crippen molar-refractivity contribution in [1.29, 1.82) is 0 Å². The van der Waals surface area contributed by atoms with E-state index in [0.717, 1.165) is 31.4 Å². The standard InChI is InChI=1S/C16H18F4O/c1-2-10-3-5-11(6-4-10)15(21)13-9-12(17)7-8-14(13)16(18,19)20/h7-11H,2-6H2,1H3. The van der Waals surface area contributed by atoms with Gasteiger partial charge in [-0.3, -0.25) is 4.79 Å². The summed E-state index contributed by atoms with van der Waals surface area (Å²) >= 11 is 0. The Hall–Kier alpha value is -1.39. The second-order valence-corrected chi connectivity index (χ2v) is 5.68. The van der Waals surface area contributed by atoms with Crippen molar-refractivity contribution in [2.45, 2.75) is 45.2 Å². The lowest BCUT2D eigenvalue weighted by molar-refractivity contribution is -0.138. The molecule has 0 bridgehead atoms. The van der Waals surface area contributed by atoms with E-state index in [2.05, 4.69) is 6.92 Å². The number of hydrogen-bond donors (Lipinski definition) is 0. The van der Waals surface area contributed by atoms with Crippen LogP contribution in [0.3, 0.4) is 0 Å². The van der Waals surface area contributed by atoms with E-state index in [4.69, 9.17) is 0 Å². The summed E-state index contributed by atoms with van der Waals surface area (Å²) in [5.41, 5.74) is -1.56. The molecule has 0 aromatic heterocycles. The first-order chi connectivity index (χ1) is 9.82. The van der Waals surface area contributed by atoms with Gasteiger partial charge in [0.1, 0.15) is 5.82 Å². The summed E-state index contributed by atoms with van der Waals surface area (Å²) in [5, 5.41) is 0. The van der Waals surface area contributed by atoms with E-state index in [1.165, 1.54) is 0 Å². The van der Waals surface area contributed by atoms with E-state index in [1.807, 2.05) is 0 Å². The molecule has 0 amide bonds. The van der Waals surface area contributed by atoms with Gasteiger partial charge in [0.05, 0.1) is 5.56 Å². The molecule has 1 saturated carbocycles. The SMILES string of the molecule is CCC1CCC(C(=O)c2cc(F)ccc2C(F)(F)F)CC1. The molecule has 116 valence electrons. The first-order valence-corrected chi connectivity index (χ1v) is 7.24. The van der Waals surface area contributed by atoms with Crippen molar-refractivity contribution in [1.82, 2.24) is 0 Å². The molecule has 5 heteroatoms. The van der Waals surface area contributed by atoms with Crippen molar-refractivity contribution in [2.75, 3.05) is 0 Å². The molecular formula is C16H18F4O. The Bertz CT molecular complexity index is 513. The molecule has 0 unspecified atom stereocenters. The Morgan fingerprint density at radius 1 is 1.19 bits per heavy atom. The number of Topliss-reactive ketones (excluding diaryl/α,β-unsaturated/α-hetero) is 1. The van der Waals surface area contributed by atoms with Crippen LogP contribution in [0.15, 0.2) is 18.2 Å². The van der Waals surface area contributed by atoms with Gasteiger partial charge in [-0.2, -0.15) is 13.2 Å². The van der Waals surface area contributed by atoms with Gasteiger partial charge in [-0.15, -0.1) is 0 Å². The molecule has 1 aromatic rings. The van der Waals surface area contributed by atoms with Crippen LogP contribution in [-0.2, 0) is 6.18 Å². The third-order valence-corrected chi connectivity index (χ3v) is 4.35.